The maximum absolute atomic E-state index is 13.3. The maximum atomic E-state index is 13.3. The van der Waals surface area contributed by atoms with Crippen molar-refractivity contribution in [2.75, 3.05) is 12.1 Å². The molecule has 2 rings (SSSR count). The van der Waals surface area contributed by atoms with Crippen LogP contribution in [0.2, 0.25) is 0 Å². The minimum Gasteiger partial charge on any atom is -0.273 e. The summed E-state index contributed by atoms with van der Waals surface area (Å²) < 4.78 is 26.6. The first-order chi connectivity index (χ1) is 11.5. The van der Waals surface area contributed by atoms with Crippen molar-refractivity contribution in [1.82, 2.24) is 21.6 Å². The summed E-state index contributed by atoms with van der Waals surface area (Å²) >= 11 is 0. The summed E-state index contributed by atoms with van der Waals surface area (Å²) in [6.07, 6.45) is -1.85. The van der Waals surface area contributed by atoms with Crippen molar-refractivity contribution in [1.29, 1.82) is 0 Å². The van der Waals surface area contributed by atoms with Crippen molar-refractivity contribution >= 4 is 17.6 Å². The van der Waals surface area contributed by atoms with Crippen molar-refractivity contribution in [2.45, 2.75) is 32.8 Å². The molecule has 1 aliphatic rings. The Kier molecular flexibility index (Phi) is 6.01. The molecule has 0 saturated carbocycles. The minimum absolute atomic E-state index is 0.0993. The van der Waals surface area contributed by atoms with Gasteiger partial charge in [0.2, 0.25) is 5.91 Å². The Bertz CT molecular complexity index is 614. The van der Waals surface area contributed by atoms with Crippen molar-refractivity contribution in [2.24, 2.45) is 0 Å². The lowest BCUT2D eigenvalue weighted by molar-refractivity contribution is -0.134. The third kappa shape index (κ3) is 3.96. The van der Waals surface area contributed by atoms with E-state index in [2.05, 4.69) is 16.5 Å². The SMILES string of the molecule is CCCC(=O)NOCc1c(C(F)F)cccc1N1NNN(C)C1=O. The normalized spacial score (nSPS) is 14.6. The Labute approximate surface area is 137 Å². The van der Waals surface area contributed by atoms with E-state index >= 15 is 0 Å². The number of hydroxylamine groups is 1. The standard InChI is InChI=1S/C14H19F2N5O3/c1-3-5-12(22)17-24-8-10-9(13(15)16)6-4-7-11(10)21-14(23)20(2)18-19-21/h4,6-7,13,18-19H,3,5,8H2,1-2H3,(H,17,22). The van der Waals surface area contributed by atoms with Crippen LogP contribution in [-0.2, 0) is 16.2 Å². The zero-order chi connectivity index (χ0) is 17.7. The fourth-order valence-electron chi connectivity index (χ4n) is 2.16. The zero-order valence-corrected chi connectivity index (χ0v) is 13.3. The summed E-state index contributed by atoms with van der Waals surface area (Å²) in [5, 5.41) is 2.24. The van der Waals surface area contributed by atoms with Crippen LogP contribution < -0.4 is 21.6 Å². The molecule has 3 N–H and O–H groups in total. The molecule has 1 aromatic carbocycles. The number of nitrogens with zero attached hydrogens (tertiary/aromatic N) is 2. The van der Waals surface area contributed by atoms with Crippen LogP contribution >= 0.6 is 0 Å². The Hall–Kier alpha value is -2.30. The molecule has 0 unspecified atom stereocenters. The molecule has 1 heterocycles. The number of amides is 3. The van der Waals surface area contributed by atoms with E-state index in [1.807, 2.05) is 6.92 Å². The highest BCUT2D eigenvalue weighted by atomic mass is 19.3. The molecular weight excluding hydrogens is 324 g/mol. The lowest BCUT2D eigenvalue weighted by atomic mass is 10.1. The van der Waals surface area contributed by atoms with Crippen LogP contribution in [0.25, 0.3) is 0 Å². The van der Waals surface area contributed by atoms with Crippen LogP contribution in [0.1, 0.15) is 37.3 Å². The van der Waals surface area contributed by atoms with Gasteiger partial charge in [-0.25, -0.2) is 29.1 Å². The smallest absolute Gasteiger partial charge is 0.273 e. The van der Waals surface area contributed by atoms with E-state index in [9.17, 15) is 18.4 Å². The number of urea groups is 1. The van der Waals surface area contributed by atoms with Crippen LogP contribution in [0.4, 0.5) is 19.3 Å². The Balaban J connectivity index is 2.22. The third-order valence-electron chi connectivity index (χ3n) is 3.35. The van der Waals surface area contributed by atoms with E-state index in [-0.39, 0.29) is 35.7 Å². The van der Waals surface area contributed by atoms with Gasteiger partial charge in [-0.15, -0.1) is 11.1 Å². The van der Waals surface area contributed by atoms with E-state index in [1.54, 1.807) is 0 Å². The van der Waals surface area contributed by atoms with E-state index in [4.69, 9.17) is 4.84 Å². The first kappa shape index (κ1) is 18.0. The van der Waals surface area contributed by atoms with E-state index in [1.165, 1.54) is 25.2 Å². The molecule has 0 atom stereocenters. The van der Waals surface area contributed by atoms with Crippen LogP contribution in [-0.4, -0.2) is 24.0 Å². The van der Waals surface area contributed by atoms with Crippen molar-refractivity contribution < 1.29 is 23.2 Å². The molecular formula is C14H19F2N5O3. The monoisotopic (exact) mass is 343 g/mol. The van der Waals surface area contributed by atoms with Gasteiger partial charge in [0.1, 0.15) is 6.61 Å². The summed E-state index contributed by atoms with van der Waals surface area (Å²) in [7, 11) is 1.48. The number of halogens is 2. The second kappa shape index (κ2) is 7.99. The van der Waals surface area contributed by atoms with Gasteiger partial charge in [0, 0.05) is 24.6 Å². The summed E-state index contributed by atoms with van der Waals surface area (Å²) in [5.41, 5.74) is 7.35. The third-order valence-corrected chi connectivity index (χ3v) is 3.35. The number of carbonyl (C=O) groups excluding carboxylic acids is 2. The summed E-state index contributed by atoms with van der Waals surface area (Å²) in [6, 6.07) is 3.70. The molecule has 0 aliphatic carbocycles. The molecule has 3 amide bonds. The topological polar surface area (TPSA) is 85.9 Å². The fraction of sp³-hybridized carbons (Fsp3) is 0.429. The molecule has 0 radical (unpaired) electrons. The summed E-state index contributed by atoms with van der Waals surface area (Å²) in [4.78, 5) is 28.5. The fourth-order valence-corrected chi connectivity index (χ4v) is 2.16. The van der Waals surface area contributed by atoms with Crippen LogP contribution in [0.5, 0.6) is 0 Å². The molecule has 1 fully saturated rings. The molecule has 10 heteroatoms. The molecule has 8 nitrogen and oxygen atoms in total. The number of carbonyl (C=O) groups is 2. The molecule has 1 aliphatic heterocycles. The zero-order valence-electron chi connectivity index (χ0n) is 13.3. The first-order valence-corrected chi connectivity index (χ1v) is 7.35. The number of nitrogens with one attached hydrogen (secondary N) is 3. The second-order valence-corrected chi connectivity index (χ2v) is 5.11. The molecule has 0 bridgehead atoms. The number of hydrogen-bond donors (Lipinski definition) is 3. The van der Waals surface area contributed by atoms with Gasteiger partial charge in [0.05, 0.1) is 5.69 Å². The van der Waals surface area contributed by atoms with Gasteiger partial charge in [-0.3, -0.25) is 9.63 Å². The second-order valence-electron chi connectivity index (χ2n) is 5.11. The largest absolute Gasteiger partial charge is 0.355 e. The molecule has 0 spiro atoms. The highest BCUT2D eigenvalue weighted by Gasteiger charge is 2.30. The molecule has 132 valence electrons. The minimum atomic E-state index is -2.75. The predicted octanol–water partition coefficient (Wildman–Crippen LogP) is 1.77. The van der Waals surface area contributed by atoms with Gasteiger partial charge in [0.15, 0.2) is 0 Å². The van der Waals surface area contributed by atoms with E-state index < -0.39 is 12.5 Å². The number of anilines is 1. The Morgan fingerprint density at radius 1 is 1.38 bits per heavy atom. The van der Waals surface area contributed by atoms with Crippen LogP contribution in [0.15, 0.2) is 18.2 Å². The molecule has 24 heavy (non-hydrogen) atoms. The average molecular weight is 343 g/mol. The predicted molar refractivity (Wildman–Crippen MR) is 81.1 cm³/mol. The molecule has 0 aromatic heterocycles. The highest BCUT2D eigenvalue weighted by Crippen LogP contribution is 2.31. The number of alkyl halides is 2. The van der Waals surface area contributed by atoms with Gasteiger partial charge in [-0.05, 0) is 12.5 Å². The Morgan fingerprint density at radius 3 is 2.71 bits per heavy atom. The van der Waals surface area contributed by atoms with Crippen molar-refractivity contribution in [3.8, 4) is 0 Å². The quantitative estimate of drug-likeness (QED) is 0.657. The van der Waals surface area contributed by atoms with Crippen molar-refractivity contribution in [3.05, 3.63) is 29.3 Å². The lowest BCUT2D eigenvalue weighted by Crippen LogP contribution is -2.38. The van der Waals surface area contributed by atoms with Gasteiger partial charge in [0.25, 0.3) is 6.43 Å². The average Bonchev–Trinajstić information content (AvgIpc) is 2.87. The van der Waals surface area contributed by atoms with Crippen LogP contribution in [0, 0.1) is 0 Å². The lowest BCUT2D eigenvalue weighted by Gasteiger charge is -2.20. The van der Waals surface area contributed by atoms with Gasteiger partial charge >= 0.3 is 6.03 Å². The molecule has 1 aromatic rings. The number of hydrogen-bond acceptors (Lipinski definition) is 5. The van der Waals surface area contributed by atoms with Gasteiger partial charge < -0.3 is 0 Å². The number of benzene rings is 1. The Morgan fingerprint density at radius 2 is 2.12 bits per heavy atom. The van der Waals surface area contributed by atoms with Gasteiger partial charge in [-0.2, -0.15) is 0 Å². The maximum Gasteiger partial charge on any atom is 0.355 e. The highest BCUT2D eigenvalue weighted by molar-refractivity contribution is 5.93. The number of rotatable bonds is 7. The number of hydrazine groups is 3. The summed E-state index contributed by atoms with van der Waals surface area (Å²) in [5.74, 6) is -0.342. The summed E-state index contributed by atoms with van der Waals surface area (Å²) in [6.45, 7) is 1.53. The van der Waals surface area contributed by atoms with Gasteiger partial charge in [-0.1, -0.05) is 19.1 Å². The molecule has 1 saturated heterocycles. The van der Waals surface area contributed by atoms with Crippen LogP contribution in [0.3, 0.4) is 0 Å². The van der Waals surface area contributed by atoms with E-state index in [0.29, 0.717) is 6.42 Å². The van der Waals surface area contributed by atoms with Crippen molar-refractivity contribution in [3.63, 3.8) is 0 Å². The first-order valence-electron chi connectivity index (χ1n) is 7.35. The van der Waals surface area contributed by atoms with E-state index in [0.717, 1.165) is 10.0 Å².